The first-order valence-electron chi connectivity index (χ1n) is 13.3. The molecule has 0 aromatic rings. The maximum atomic E-state index is 14.3. The second kappa shape index (κ2) is 11.7. The molecule has 6 atom stereocenters. The summed E-state index contributed by atoms with van der Waals surface area (Å²) in [6.45, 7) is 16.8. The van der Waals surface area contributed by atoms with E-state index < -0.39 is 28.2 Å². The van der Waals surface area contributed by atoms with Crippen molar-refractivity contribution in [3.8, 4) is 0 Å². The Kier molecular flexibility index (Phi) is 9.36. The highest BCUT2D eigenvalue weighted by molar-refractivity contribution is 8.02. The predicted octanol–water partition coefficient (Wildman–Crippen LogP) is 3.81. The predicted molar refractivity (Wildman–Crippen MR) is 143 cm³/mol. The minimum Gasteiger partial charge on any atom is -0.465 e. The number of hydrogen-bond acceptors (Lipinski definition) is 6. The van der Waals surface area contributed by atoms with Gasteiger partial charge in [-0.15, -0.1) is 24.9 Å². The largest absolute Gasteiger partial charge is 0.465 e. The van der Waals surface area contributed by atoms with Crippen molar-refractivity contribution in [2.24, 2.45) is 17.8 Å². The second-order valence-electron chi connectivity index (χ2n) is 11.4. The number of fused-ring (bicyclic) bond motifs is 1. The van der Waals surface area contributed by atoms with E-state index in [0.717, 1.165) is 25.7 Å². The molecular formula is C28H44N2O5S. The van der Waals surface area contributed by atoms with E-state index in [1.807, 2.05) is 26.8 Å². The minimum atomic E-state index is -0.657. The van der Waals surface area contributed by atoms with Gasteiger partial charge in [-0.05, 0) is 65.2 Å². The smallest absolute Gasteiger partial charge is 0.310 e. The number of carbonyl (C=O) groups is 3. The molecule has 3 unspecified atom stereocenters. The number of carbonyl (C=O) groups excluding carboxylic acids is 3. The number of rotatable bonds is 13. The highest BCUT2D eigenvalue weighted by Gasteiger charge is 2.76. The molecule has 0 saturated carbocycles. The van der Waals surface area contributed by atoms with Gasteiger partial charge in [-0.3, -0.25) is 14.4 Å². The summed E-state index contributed by atoms with van der Waals surface area (Å²) in [4.78, 5) is 45.2. The third-order valence-corrected chi connectivity index (χ3v) is 10.1. The summed E-state index contributed by atoms with van der Waals surface area (Å²) in [5.74, 6) is -1.49. The second-order valence-corrected chi connectivity index (χ2v) is 12.9. The monoisotopic (exact) mass is 520 g/mol. The number of hydrogen-bond donors (Lipinski definition) is 1. The summed E-state index contributed by atoms with van der Waals surface area (Å²) in [6.07, 6.45) is 8.07. The Balaban J connectivity index is 1.95. The number of esters is 1. The number of aliphatic hydroxyl groups excluding tert-OH is 1. The number of likely N-dealkylation sites (tertiary alicyclic amines) is 1. The van der Waals surface area contributed by atoms with Gasteiger partial charge in [0.2, 0.25) is 11.8 Å². The number of aliphatic hydroxyl groups is 1. The fraction of sp³-hybridized carbons (Fsp3) is 0.750. The van der Waals surface area contributed by atoms with Crippen LogP contribution in [0.5, 0.6) is 0 Å². The molecule has 3 aliphatic heterocycles. The van der Waals surface area contributed by atoms with E-state index in [-0.39, 0.29) is 35.6 Å². The van der Waals surface area contributed by atoms with Crippen molar-refractivity contribution >= 4 is 29.5 Å². The summed E-state index contributed by atoms with van der Waals surface area (Å²) >= 11 is 1.67. The van der Waals surface area contributed by atoms with Crippen LogP contribution in [0, 0.1) is 17.8 Å². The summed E-state index contributed by atoms with van der Waals surface area (Å²) < 4.78 is 5.03. The van der Waals surface area contributed by atoms with Gasteiger partial charge in [-0.1, -0.05) is 19.1 Å². The molecule has 36 heavy (non-hydrogen) atoms. The first kappa shape index (κ1) is 28.8. The van der Waals surface area contributed by atoms with Crippen molar-refractivity contribution < 1.29 is 24.2 Å². The van der Waals surface area contributed by atoms with E-state index in [2.05, 4.69) is 20.1 Å². The Bertz CT molecular complexity index is 855. The molecule has 3 fully saturated rings. The minimum absolute atomic E-state index is 0.0213. The van der Waals surface area contributed by atoms with Crippen molar-refractivity contribution in [3.63, 3.8) is 0 Å². The van der Waals surface area contributed by atoms with E-state index >= 15 is 0 Å². The van der Waals surface area contributed by atoms with Crippen molar-refractivity contribution in [1.29, 1.82) is 0 Å². The Hall–Kier alpha value is -1.80. The molecule has 2 amide bonds. The SMILES string of the molecule is C=CCCCCOC(=O)[C@@H]1[C@H]2C(=O)N(CCCCO)C(C(=O)N(CC=C)C(C)(C)C)C23S[C@@H]1CC3C. The normalized spacial score (nSPS) is 30.9. The lowest BCUT2D eigenvalue weighted by Gasteiger charge is -2.44. The van der Waals surface area contributed by atoms with Crippen LogP contribution in [-0.4, -0.2) is 80.6 Å². The number of nitrogens with zero attached hydrogens (tertiary/aromatic N) is 2. The molecular weight excluding hydrogens is 476 g/mol. The molecule has 0 radical (unpaired) electrons. The van der Waals surface area contributed by atoms with Gasteiger partial charge in [0.05, 0.1) is 23.2 Å². The summed E-state index contributed by atoms with van der Waals surface area (Å²) in [6, 6.07) is -0.650. The lowest BCUT2D eigenvalue weighted by Crippen LogP contribution is -2.60. The number of allylic oxidation sites excluding steroid dienone is 1. The standard InChI is InChI=1S/C28H44N2O5S/c1-7-9-10-13-17-35-26(34)21-20-18-19(3)28(36-20)22(21)24(32)29(15-11-12-16-31)23(28)25(33)30(14-8-2)27(4,5)6/h7-8,19-23,31H,1-2,9-18H2,3-6H3/t19?,20-,21+,22+,23?,28?/m1/s1. The van der Waals surface area contributed by atoms with Gasteiger partial charge < -0.3 is 19.6 Å². The van der Waals surface area contributed by atoms with E-state index in [9.17, 15) is 19.5 Å². The Morgan fingerprint density at radius 1 is 1.22 bits per heavy atom. The van der Waals surface area contributed by atoms with Crippen LogP contribution in [-0.2, 0) is 19.1 Å². The first-order valence-corrected chi connectivity index (χ1v) is 14.2. The van der Waals surface area contributed by atoms with Crippen LogP contribution in [0.4, 0.5) is 0 Å². The van der Waals surface area contributed by atoms with E-state index in [4.69, 9.17) is 4.74 Å². The maximum absolute atomic E-state index is 14.3. The van der Waals surface area contributed by atoms with Crippen molar-refractivity contribution in [1.82, 2.24) is 9.80 Å². The fourth-order valence-corrected chi connectivity index (χ4v) is 8.74. The Morgan fingerprint density at radius 2 is 1.94 bits per heavy atom. The number of unbranched alkanes of at least 4 members (excludes halogenated alkanes) is 3. The molecule has 3 saturated heterocycles. The van der Waals surface area contributed by atoms with Gasteiger partial charge in [0.1, 0.15) is 6.04 Å². The summed E-state index contributed by atoms with van der Waals surface area (Å²) in [5, 5.41) is 9.32. The van der Waals surface area contributed by atoms with Gasteiger partial charge in [0, 0.05) is 30.5 Å². The fourth-order valence-electron chi connectivity index (χ4n) is 6.33. The summed E-state index contributed by atoms with van der Waals surface area (Å²) in [5.41, 5.74) is -0.450. The number of ether oxygens (including phenoxy) is 1. The average molecular weight is 521 g/mol. The van der Waals surface area contributed by atoms with Gasteiger partial charge in [0.25, 0.3) is 0 Å². The molecule has 8 heteroatoms. The number of amides is 2. The van der Waals surface area contributed by atoms with Crippen molar-refractivity contribution in [2.45, 2.75) is 87.8 Å². The van der Waals surface area contributed by atoms with Gasteiger partial charge in [-0.25, -0.2) is 0 Å². The molecule has 0 aliphatic carbocycles. The molecule has 3 heterocycles. The Morgan fingerprint density at radius 3 is 2.56 bits per heavy atom. The number of thioether (sulfide) groups is 1. The lowest BCUT2D eigenvalue weighted by atomic mass is 9.66. The van der Waals surface area contributed by atoms with Gasteiger partial charge in [0.15, 0.2) is 0 Å². The Labute approximate surface area is 220 Å². The molecule has 202 valence electrons. The summed E-state index contributed by atoms with van der Waals surface area (Å²) in [7, 11) is 0. The lowest BCUT2D eigenvalue weighted by molar-refractivity contribution is -0.154. The van der Waals surface area contributed by atoms with E-state index in [1.165, 1.54) is 0 Å². The van der Waals surface area contributed by atoms with Crippen LogP contribution in [0.1, 0.15) is 66.2 Å². The van der Waals surface area contributed by atoms with Crippen LogP contribution < -0.4 is 0 Å². The zero-order valence-electron chi connectivity index (χ0n) is 22.4. The molecule has 0 aromatic heterocycles. The van der Waals surface area contributed by atoms with E-state index in [1.54, 1.807) is 27.6 Å². The maximum Gasteiger partial charge on any atom is 0.310 e. The topological polar surface area (TPSA) is 87.1 Å². The zero-order valence-corrected chi connectivity index (χ0v) is 23.2. The molecule has 1 spiro atoms. The molecule has 1 N–H and O–H groups in total. The van der Waals surface area contributed by atoms with E-state index in [0.29, 0.717) is 32.5 Å². The van der Waals surface area contributed by atoms with Gasteiger partial charge in [-0.2, -0.15) is 0 Å². The van der Waals surface area contributed by atoms with Crippen molar-refractivity contribution in [3.05, 3.63) is 25.3 Å². The molecule has 0 aromatic carbocycles. The highest BCUT2D eigenvalue weighted by atomic mass is 32.2. The van der Waals surface area contributed by atoms with Crippen LogP contribution in [0.3, 0.4) is 0 Å². The molecule has 3 rings (SSSR count). The zero-order chi connectivity index (χ0) is 26.7. The first-order chi connectivity index (χ1) is 17.1. The van der Waals surface area contributed by atoms with Crippen LogP contribution in [0.15, 0.2) is 25.3 Å². The quantitative estimate of drug-likeness (QED) is 0.226. The van der Waals surface area contributed by atoms with Crippen molar-refractivity contribution in [2.75, 3.05) is 26.3 Å². The molecule has 2 bridgehead atoms. The third-order valence-electron chi connectivity index (χ3n) is 7.99. The third kappa shape index (κ3) is 5.13. The average Bonchev–Trinajstić information content (AvgIpc) is 3.40. The van der Waals surface area contributed by atoms with Crippen LogP contribution in [0.2, 0.25) is 0 Å². The molecule has 3 aliphatic rings. The highest BCUT2D eigenvalue weighted by Crippen LogP contribution is 2.68. The van der Waals surface area contributed by atoms with Crippen LogP contribution in [0.25, 0.3) is 0 Å². The van der Waals surface area contributed by atoms with Gasteiger partial charge >= 0.3 is 5.97 Å². The van der Waals surface area contributed by atoms with Crippen LogP contribution >= 0.6 is 11.8 Å². The molecule has 7 nitrogen and oxygen atoms in total.